The normalized spacial score (nSPS) is 12.1. The molecule has 7 heteroatoms. The lowest BCUT2D eigenvalue weighted by atomic mass is 10.2. The van der Waals surface area contributed by atoms with Gasteiger partial charge in [0.2, 0.25) is 0 Å². The standard InChI is InChI=1S/C14H12F5NO/c15-10-3-1-9(2-4-10)12-6-5-11(21-12)7-20-8-14(18,19)13(16)17/h1-6,13,20H,7-8H2. The van der Waals surface area contributed by atoms with Crippen LogP contribution in [0.5, 0.6) is 0 Å². The van der Waals surface area contributed by atoms with E-state index in [9.17, 15) is 22.0 Å². The molecule has 0 aliphatic carbocycles. The number of nitrogens with one attached hydrogen (secondary N) is 1. The Morgan fingerprint density at radius 1 is 1.05 bits per heavy atom. The van der Waals surface area contributed by atoms with Crippen LogP contribution in [0.4, 0.5) is 22.0 Å². The highest BCUT2D eigenvalue weighted by molar-refractivity contribution is 5.57. The fraction of sp³-hybridized carbons (Fsp3) is 0.286. The maximum Gasteiger partial charge on any atom is 0.319 e. The average molecular weight is 305 g/mol. The fourth-order valence-electron chi connectivity index (χ4n) is 1.67. The van der Waals surface area contributed by atoms with E-state index < -0.39 is 18.9 Å². The third-order valence-corrected chi connectivity index (χ3v) is 2.77. The smallest absolute Gasteiger partial charge is 0.319 e. The summed E-state index contributed by atoms with van der Waals surface area (Å²) in [6, 6.07) is 8.67. The second-order valence-electron chi connectivity index (χ2n) is 4.44. The van der Waals surface area contributed by atoms with E-state index in [-0.39, 0.29) is 12.4 Å². The second kappa shape index (κ2) is 6.26. The van der Waals surface area contributed by atoms with Crippen LogP contribution in [0.25, 0.3) is 11.3 Å². The van der Waals surface area contributed by atoms with Crippen LogP contribution in [-0.4, -0.2) is 18.9 Å². The van der Waals surface area contributed by atoms with Gasteiger partial charge >= 0.3 is 12.3 Å². The second-order valence-corrected chi connectivity index (χ2v) is 4.44. The van der Waals surface area contributed by atoms with E-state index in [2.05, 4.69) is 5.32 Å². The quantitative estimate of drug-likeness (QED) is 0.814. The van der Waals surface area contributed by atoms with Gasteiger partial charge in [0.05, 0.1) is 13.1 Å². The number of hydrogen-bond donors (Lipinski definition) is 1. The molecule has 0 unspecified atom stereocenters. The summed E-state index contributed by atoms with van der Waals surface area (Å²) in [4.78, 5) is 0. The largest absolute Gasteiger partial charge is 0.460 e. The molecule has 2 aromatic rings. The molecule has 0 spiro atoms. The van der Waals surface area contributed by atoms with Crippen LogP contribution < -0.4 is 5.32 Å². The van der Waals surface area contributed by atoms with Crippen molar-refractivity contribution in [2.45, 2.75) is 18.9 Å². The maximum atomic E-state index is 12.8. The summed E-state index contributed by atoms with van der Waals surface area (Å²) in [5.74, 6) is -3.71. The number of hydrogen-bond acceptors (Lipinski definition) is 2. The molecule has 0 bridgehead atoms. The van der Waals surface area contributed by atoms with Crippen molar-refractivity contribution in [1.82, 2.24) is 5.32 Å². The van der Waals surface area contributed by atoms with Crippen molar-refractivity contribution in [2.24, 2.45) is 0 Å². The van der Waals surface area contributed by atoms with Gasteiger partial charge in [0.25, 0.3) is 0 Å². The molecule has 114 valence electrons. The Morgan fingerprint density at radius 3 is 2.33 bits per heavy atom. The zero-order valence-electron chi connectivity index (χ0n) is 10.8. The Kier molecular flexibility index (Phi) is 4.62. The van der Waals surface area contributed by atoms with Gasteiger partial charge in [0.1, 0.15) is 17.3 Å². The molecular formula is C14H12F5NO. The molecule has 1 aromatic carbocycles. The van der Waals surface area contributed by atoms with E-state index in [1.54, 1.807) is 6.07 Å². The highest BCUT2D eigenvalue weighted by atomic mass is 19.3. The maximum absolute atomic E-state index is 12.8. The minimum absolute atomic E-state index is 0.108. The Hall–Kier alpha value is -1.89. The lowest BCUT2D eigenvalue weighted by molar-refractivity contribution is -0.125. The molecule has 0 saturated carbocycles. The average Bonchev–Trinajstić information content (AvgIpc) is 2.88. The first-order valence-corrected chi connectivity index (χ1v) is 6.10. The summed E-state index contributed by atoms with van der Waals surface area (Å²) in [6.07, 6.45) is -3.71. The number of furan rings is 1. The predicted molar refractivity (Wildman–Crippen MR) is 66.8 cm³/mol. The van der Waals surface area contributed by atoms with Gasteiger partial charge in [-0.2, -0.15) is 8.78 Å². The van der Waals surface area contributed by atoms with E-state index >= 15 is 0 Å². The molecule has 1 N–H and O–H groups in total. The van der Waals surface area contributed by atoms with Gasteiger partial charge in [-0.1, -0.05) is 0 Å². The minimum Gasteiger partial charge on any atom is -0.460 e. The van der Waals surface area contributed by atoms with Crippen molar-refractivity contribution in [3.8, 4) is 11.3 Å². The van der Waals surface area contributed by atoms with E-state index in [1.807, 2.05) is 0 Å². The van der Waals surface area contributed by atoms with Crippen LogP contribution in [0.3, 0.4) is 0 Å². The summed E-state index contributed by atoms with van der Waals surface area (Å²) < 4.78 is 67.4. The molecule has 0 aliphatic heterocycles. The van der Waals surface area contributed by atoms with Gasteiger partial charge in [0, 0.05) is 5.56 Å². The van der Waals surface area contributed by atoms with Gasteiger partial charge in [-0.05, 0) is 36.4 Å². The van der Waals surface area contributed by atoms with Gasteiger partial charge < -0.3 is 9.73 Å². The highest BCUT2D eigenvalue weighted by Crippen LogP contribution is 2.23. The van der Waals surface area contributed by atoms with Gasteiger partial charge in [-0.3, -0.25) is 0 Å². The van der Waals surface area contributed by atoms with Gasteiger partial charge in [-0.15, -0.1) is 0 Å². The molecular weight excluding hydrogens is 293 g/mol. The topological polar surface area (TPSA) is 25.2 Å². The molecule has 0 saturated heterocycles. The summed E-state index contributed by atoms with van der Waals surface area (Å²) >= 11 is 0. The van der Waals surface area contributed by atoms with Crippen LogP contribution >= 0.6 is 0 Å². The van der Waals surface area contributed by atoms with Crippen LogP contribution in [0, 0.1) is 5.82 Å². The van der Waals surface area contributed by atoms with Crippen LogP contribution in [0.2, 0.25) is 0 Å². The number of halogens is 5. The number of benzene rings is 1. The Labute approximate surface area is 117 Å². The molecule has 1 aromatic heterocycles. The molecule has 1 heterocycles. The minimum atomic E-state index is -4.08. The third-order valence-electron chi connectivity index (χ3n) is 2.77. The Bertz CT molecular complexity index is 579. The summed E-state index contributed by atoms with van der Waals surface area (Å²) in [5, 5.41) is 2.21. The van der Waals surface area contributed by atoms with Crippen molar-refractivity contribution in [3.63, 3.8) is 0 Å². The molecule has 2 rings (SSSR count). The van der Waals surface area contributed by atoms with Crippen molar-refractivity contribution in [1.29, 1.82) is 0 Å². The molecule has 0 aliphatic rings. The van der Waals surface area contributed by atoms with Crippen LogP contribution in [0.1, 0.15) is 5.76 Å². The Balaban J connectivity index is 1.93. The predicted octanol–water partition coefficient (Wildman–Crippen LogP) is 4.08. The van der Waals surface area contributed by atoms with E-state index in [0.29, 0.717) is 17.1 Å². The lowest BCUT2D eigenvalue weighted by Gasteiger charge is -2.15. The van der Waals surface area contributed by atoms with Crippen molar-refractivity contribution >= 4 is 0 Å². The van der Waals surface area contributed by atoms with E-state index in [4.69, 9.17) is 4.42 Å². The van der Waals surface area contributed by atoms with Crippen molar-refractivity contribution < 1.29 is 26.4 Å². The summed E-state index contributed by atoms with van der Waals surface area (Å²) in [6.45, 7) is -1.25. The monoisotopic (exact) mass is 305 g/mol. The van der Waals surface area contributed by atoms with E-state index in [1.165, 1.54) is 30.3 Å². The first kappa shape index (κ1) is 15.5. The highest BCUT2D eigenvalue weighted by Gasteiger charge is 2.40. The van der Waals surface area contributed by atoms with Crippen LogP contribution in [-0.2, 0) is 6.54 Å². The Morgan fingerprint density at radius 2 is 1.71 bits per heavy atom. The van der Waals surface area contributed by atoms with Crippen LogP contribution in [0.15, 0.2) is 40.8 Å². The lowest BCUT2D eigenvalue weighted by Crippen LogP contribution is -2.38. The SMILES string of the molecule is Fc1ccc(-c2ccc(CNCC(F)(F)C(F)F)o2)cc1. The molecule has 0 atom stereocenters. The number of alkyl halides is 4. The molecule has 2 nitrogen and oxygen atoms in total. The van der Waals surface area contributed by atoms with Gasteiger partial charge in [0.15, 0.2) is 0 Å². The molecule has 21 heavy (non-hydrogen) atoms. The first-order chi connectivity index (χ1) is 9.88. The van der Waals surface area contributed by atoms with Crippen molar-refractivity contribution in [2.75, 3.05) is 6.54 Å². The van der Waals surface area contributed by atoms with Gasteiger partial charge in [-0.25, -0.2) is 13.2 Å². The zero-order chi connectivity index (χ0) is 15.5. The summed E-state index contributed by atoms with van der Waals surface area (Å²) in [7, 11) is 0. The summed E-state index contributed by atoms with van der Waals surface area (Å²) in [5.41, 5.74) is 0.626. The van der Waals surface area contributed by atoms with Crippen molar-refractivity contribution in [3.05, 3.63) is 48.0 Å². The van der Waals surface area contributed by atoms with E-state index in [0.717, 1.165) is 0 Å². The zero-order valence-corrected chi connectivity index (χ0v) is 10.8. The molecule has 0 radical (unpaired) electrons. The molecule has 0 fully saturated rings. The number of rotatable bonds is 6. The third kappa shape index (κ3) is 4.04. The first-order valence-electron chi connectivity index (χ1n) is 6.10. The fourth-order valence-corrected chi connectivity index (χ4v) is 1.67. The molecule has 0 amide bonds.